The highest BCUT2D eigenvalue weighted by Gasteiger charge is 2.50. The molecule has 0 bridgehead atoms. The summed E-state index contributed by atoms with van der Waals surface area (Å²) in [6.45, 7) is 53.7. The normalized spacial score (nSPS) is 13.6. The monoisotopic (exact) mass is 1770 g/mol. The van der Waals surface area contributed by atoms with Gasteiger partial charge in [-0.05, 0) is 145 Å². The molecule has 9 aromatic rings. The molecule has 0 fully saturated rings. The number of allylic oxidation sites excluding steroid dienone is 20. The van der Waals surface area contributed by atoms with Gasteiger partial charge in [0.1, 0.15) is 119 Å². The zero-order valence-electron chi connectivity index (χ0n) is 66.0. The average Bonchev–Trinajstić information content (AvgIpc) is 1.54. The molecule has 0 saturated heterocycles. The molecule has 0 spiro atoms. The van der Waals surface area contributed by atoms with Crippen LogP contribution in [0, 0.1) is 193 Å². The van der Waals surface area contributed by atoms with Gasteiger partial charge in [0.05, 0.1) is 96.4 Å². The molecule has 2 aromatic heterocycles. The predicted molar refractivity (Wildman–Crippen MR) is 448 cm³/mol. The van der Waals surface area contributed by atoms with Gasteiger partial charge in [-0.1, -0.05) is 60.7 Å². The topological polar surface area (TPSA) is 384 Å². The van der Waals surface area contributed by atoms with Crippen LogP contribution in [0.3, 0.4) is 0 Å². The molecule has 0 saturated carbocycles. The van der Waals surface area contributed by atoms with E-state index in [1.165, 1.54) is 91.3 Å². The highest BCUT2D eigenvalue weighted by atomic mass is 19.4. The van der Waals surface area contributed by atoms with E-state index >= 15 is 26.3 Å². The number of alkyl halides is 6. The Bertz CT molecular complexity index is 7830. The van der Waals surface area contributed by atoms with Crippen LogP contribution in [0.5, 0.6) is 11.5 Å². The molecule has 2 heterocycles. The van der Waals surface area contributed by atoms with Crippen molar-refractivity contribution in [1.29, 1.82) is 68.4 Å². The first-order valence-electron chi connectivity index (χ1n) is 36.7. The van der Waals surface area contributed by atoms with E-state index in [0.29, 0.717) is 0 Å². The number of fused-ring (bicyclic) bond motifs is 6. The van der Waals surface area contributed by atoms with E-state index < -0.39 is 194 Å². The summed E-state index contributed by atoms with van der Waals surface area (Å²) >= 11 is 0. The van der Waals surface area contributed by atoms with E-state index in [2.05, 4.69) is 53.4 Å². The number of hydrogen-bond donors (Lipinski definition) is 0. The average molecular weight is 1770 g/mol. The van der Waals surface area contributed by atoms with E-state index in [0.717, 1.165) is 48.5 Å². The van der Waals surface area contributed by atoms with Crippen molar-refractivity contribution < 1.29 is 62.2 Å². The summed E-state index contributed by atoms with van der Waals surface area (Å²) in [5, 5.41) is 128. The molecule has 7 aromatic carbocycles. The van der Waals surface area contributed by atoms with Gasteiger partial charge in [-0.15, -0.1) is 26.3 Å². The van der Waals surface area contributed by atoms with Gasteiger partial charge in [-0.25, -0.2) is 61.1 Å². The third kappa shape index (κ3) is 14.6. The summed E-state index contributed by atoms with van der Waals surface area (Å²) in [6.07, 6.45) is -7.68. The minimum atomic E-state index is -5.24. The van der Waals surface area contributed by atoms with Crippen LogP contribution >= 0.6 is 0 Å². The van der Waals surface area contributed by atoms with E-state index in [4.69, 9.17) is 46.0 Å². The van der Waals surface area contributed by atoms with Gasteiger partial charge in [0, 0.05) is 90.3 Å². The van der Waals surface area contributed by atoms with Crippen molar-refractivity contribution in [3.05, 3.63) is 373 Å². The Kier molecular flexibility index (Phi) is 24.1. The Morgan fingerprint density at radius 2 is 0.582 bits per heavy atom. The van der Waals surface area contributed by atoms with Crippen LogP contribution in [0.4, 0.5) is 52.7 Å². The maximum absolute atomic E-state index is 16.4. The number of halogens is 12. The molecule has 36 heteroatoms. The van der Waals surface area contributed by atoms with Crippen LogP contribution in [0.25, 0.3) is 168 Å². The van der Waals surface area contributed by atoms with Crippen molar-refractivity contribution in [2.45, 2.75) is 12.7 Å². The number of ether oxygens (including phenoxy) is 2. The van der Waals surface area contributed by atoms with E-state index in [1.54, 1.807) is 72.8 Å². The van der Waals surface area contributed by atoms with Gasteiger partial charge in [0.2, 0.25) is 17.1 Å². The highest BCUT2D eigenvalue weighted by Crippen LogP contribution is 2.65. The minimum absolute atomic E-state index is 0.0317. The SMILES string of the molecule is [C-]#[N+]C([N+]#[C-])=C1C(F)=C([N+]#[C-])c2c1c(-c1ccccn1)c1c(c2-c2ccccn2)C(=C(C#N)C#N)C(F)=C1C#N.[C-]#[N+]C1=C(F)/C(=C(/C#N)[N+]#[C-])c2c1c(-c1ccc(C#N)cc1)c1c(c2-c2ccc(C#N)cc2)C(C#N)=C(F)C1=C(C#N)C#N.[C-]#[N+]C1=C(F)/C(=C(/C#N)[N+]#[C-])c2c1c(-c1cccc(OC(F)(F)F)c1)c1c(c2-c2cccc(OC(F)(F)F)c2)C(C#N)=C(F)C1=C(C#N)C#N. The Balaban J connectivity index is 0.000000171. The lowest BCUT2D eigenvalue weighted by Crippen LogP contribution is -2.17. The lowest BCUT2D eigenvalue weighted by molar-refractivity contribution is -0.275. The largest absolute Gasteiger partial charge is 0.573 e. The Morgan fingerprint density at radius 3 is 0.881 bits per heavy atom. The third-order valence-corrected chi connectivity index (χ3v) is 20.7. The zero-order chi connectivity index (χ0) is 97.0. The third-order valence-electron chi connectivity index (χ3n) is 20.7. The van der Waals surface area contributed by atoms with Crippen LogP contribution in [0.15, 0.2) is 215 Å². The number of hydrogen-bond acceptors (Lipinski definition) is 17. The smallest absolute Gasteiger partial charge is 0.406 e. The second kappa shape index (κ2) is 35.9. The summed E-state index contributed by atoms with van der Waals surface area (Å²) in [4.78, 5) is 31.1. The Labute approximate surface area is 746 Å². The number of rotatable bonds is 8. The molecule has 6 aliphatic carbocycles. The van der Waals surface area contributed by atoms with E-state index in [9.17, 15) is 94.7 Å². The zero-order valence-corrected chi connectivity index (χ0v) is 66.0. The summed E-state index contributed by atoms with van der Waals surface area (Å²) in [5.41, 5.74) is -16.6. The Hall–Kier alpha value is -21.7. The lowest BCUT2D eigenvalue weighted by Gasteiger charge is -2.23. The molecule has 0 atom stereocenters. The van der Waals surface area contributed by atoms with Crippen molar-refractivity contribution in [3.63, 3.8) is 0 Å². The second-order valence-electron chi connectivity index (χ2n) is 27.2. The first-order valence-corrected chi connectivity index (χ1v) is 36.7. The minimum Gasteiger partial charge on any atom is -0.406 e. The van der Waals surface area contributed by atoms with Crippen molar-refractivity contribution in [1.82, 2.24) is 9.97 Å². The van der Waals surface area contributed by atoms with Gasteiger partial charge in [-0.3, -0.25) is 9.97 Å². The molecule has 0 N–H and O–H groups in total. The van der Waals surface area contributed by atoms with Crippen LogP contribution in [-0.4, -0.2) is 22.7 Å². The Morgan fingerprint density at radius 1 is 0.284 bits per heavy atom. The molecule has 6 aliphatic rings. The van der Waals surface area contributed by atoms with Crippen molar-refractivity contribution in [2.24, 2.45) is 0 Å². The molecule has 0 unspecified atom stereocenters. The van der Waals surface area contributed by atoms with Crippen LogP contribution in [-0.2, 0) is 0 Å². The summed E-state index contributed by atoms with van der Waals surface area (Å²) in [7, 11) is 0. The molecule has 0 amide bonds. The van der Waals surface area contributed by atoms with Gasteiger partial charge >= 0.3 is 18.5 Å². The van der Waals surface area contributed by atoms with Crippen molar-refractivity contribution in [3.8, 4) is 157 Å². The quantitative estimate of drug-likeness (QED) is 0.0774. The maximum Gasteiger partial charge on any atom is 0.573 e. The molecule has 134 heavy (non-hydrogen) atoms. The van der Waals surface area contributed by atoms with Crippen LogP contribution < -0.4 is 9.47 Å². The molecular weight excluding hydrogens is 1750 g/mol. The summed E-state index contributed by atoms with van der Waals surface area (Å²) in [5.74, 6) is -10.2. The number of nitrogens with zero attached hydrogens (tertiary/aromatic N) is 22. The van der Waals surface area contributed by atoms with Crippen molar-refractivity contribution in [2.75, 3.05) is 0 Å². The van der Waals surface area contributed by atoms with Gasteiger partial charge in [0.15, 0.2) is 17.5 Å². The molecule has 15 rings (SSSR count). The molecule has 24 nitrogen and oxygen atoms in total. The number of benzene rings is 7. The molecule has 622 valence electrons. The predicted octanol–water partition coefficient (Wildman–Crippen LogP) is 24.0. The van der Waals surface area contributed by atoms with Gasteiger partial charge in [-0.2, -0.15) is 67.6 Å². The first kappa shape index (κ1) is 90.0. The van der Waals surface area contributed by atoms with Gasteiger partial charge < -0.3 is 9.47 Å². The number of nitriles is 13. The highest BCUT2D eigenvalue weighted by molar-refractivity contribution is 6.24. The van der Waals surface area contributed by atoms with Crippen LogP contribution in [0.1, 0.15) is 77.9 Å². The molecular formula is C98H24F12N22O2. The van der Waals surface area contributed by atoms with E-state index in [-0.39, 0.29) is 112 Å². The fourth-order valence-corrected chi connectivity index (χ4v) is 15.9. The van der Waals surface area contributed by atoms with Crippen LogP contribution in [0.2, 0.25) is 0 Å². The fraction of sp³-hybridized carbons (Fsp3) is 0.0204. The second-order valence-corrected chi connectivity index (χ2v) is 27.2. The van der Waals surface area contributed by atoms with E-state index in [1.807, 2.05) is 12.1 Å². The standard InChI is InChI=1S/C34H8F8N6O2.C34H8F2N8.C30H8F2N8/c1-47-21(14-46)26-28-22(15-5-3-7-18(9-15)49-33(37,38)39)25-20(13-45)30(35)24(17(11-43)12-44)27(25)23(29(28)32(48-2)31(26)36)16-6-4-8-19(10-16)50-34(40,41)42;1-43-23(16-42)28-30-24(19-7-3-17(11-37)4-8-19)27-22(15-41)32(35)26(21(13-39)14-40)29(27)25(31(30)34(44-2)33(28)36)20-9-5-18(12-38)6-10-20;1-36-29-25-22(18-9-5-7-11-40-18)23-19(15(12-33)13-34)27(31)16(14-35)20(23)21(17-8-4-6-10-39-17)24(25)26(28(29)32)30(37-2)38-3/h3-10H;3-10H;4-11H/b26-21-;28-23-;. The van der Waals surface area contributed by atoms with Gasteiger partial charge in [0.25, 0.3) is 11.4 Å². The number of aromatic nitrogens is 2. The van der Waals surface area contributed by atoms with Crippen molar-refractivity contribution >= 4 is 67.2 Å². The molecule has 0 radical (unpaired) electrons. The fourth-order valence-electron chi connectivity index (χ4n) is 15.9. The number of pyridine rings is 2. The summed E-state index contributed by atoms with van der Waals surface area (Å²) in [6, 6.07) is 49.8. The lowest BCUT2D eigenvalue weighted by atomic mass is 9.79. The summed E-state index contributed by atoms with van der Waals surface area (Å²) < 4.78 is 185. The first-order chi connectivity index (χ1) is 64.5. The molecule has 0 aliphatic heterocycles. The maximum atomic E-state index is 16.4.